The number of likely N-dealkylation sites (tertiary alicyclic amines) is 1. The number of hydrogen-bond acceptors (Lipinski definition) is 7. The molecule has 3 rings (SSSR count). The number of anilines is 1. The summed E-state index contributed by atoms with van der Waals surface area (Å²) >= 11 is 6.12. The molecule has 0 aromatic heterocycles. The van der Waals surface area contributed by atoms with Crippen LogP contribution in [0.4, 0.5) is 10.5 Å². The van der Waals surface area contributed by atoms with Crippen molar-refractivity contribution < 1.29 is 19.1 Å². The summed E-state index contributed by atoms with van der Waals surface area (Å²) in [5.41, 5.74) is 6.52. The van der Waals surface area contributed by atoms with Crippen LogP contribution < -0.4 is 15.8 Å². The third kappa shape index (κ3) is 6.44. The van der Waals surface area contributed by atoms with Crippen molar-refractivity contribution in [3.8, 4) is 5.75 Å². The van der Waals surface area contributed by atoms with Crippen molar-refractivity contribution in [2.24, 2.45) is 0 Å². The third-order valence-electron chi connectivity index (χ3n) is 6.68. The summed E-state index contributed by atoms with van der Waals surface area (Å²) in [6, 6.07) is 3.00. The minimum absolute atomic E-state index is 0.0784. The van der Waals surface area contributed by atoms with Crippen molar-refractivity contribution in [1.82, 2.24) is 24.9 Å². The van der Waals surface area contributed by atoms with Crippen LogP contribution in [0.1, 0.15) is 16.8 Å². The summed E-state index contributed by atoms with van der Waals surface area (Å²) in [5, 5.41) is 3.37. The number of hydrogen-bond donors (Lipinski definition) is 2. The molecule has 0 spiro atoms. The number of urea groups is 1. The van der Waals surface area contributed by atoms with E-state index in [4.69, 9.17) is 26.8 Å². The Kier molecular flexibility index (Phi) is 9.24. The summed E-state index contributed by atoms with van der Waals surface area (Å²) in [6.07, 6.45) is 0.553. The molecule has 11 heteroatoms. The number of amides is 3. The van der Waals surface area contributed by atoms with Crippen molar-refractivity contribution in [3.63, 3.8) is 0 Å². The van der Waals surface area contributed by atoms with E-state index in [2.05, 4.69) is 22.2 Å². The van der Waals surface area contributed by atoms with E-state index in [0.29, 0.717) is 35.1 Å². The van der Waals surface area contributed by atoms with Crippen LogP contribution in [-0.2, 0) is 4.74 Å². The number of nitrogens with one attached hydrogen (secondary N) is 1. The molecule has 3 amide bonds. The van der Waals surface area contributed by atoms with Gasteiger partial charge in [0, 0.05) is 72.6 Å². The highest BCUT2D eigenvalue weighted by atomic mass is 35.5. The molecule has 0 unspecified atom stereocenters. The number of halogens is 1. The van der Waals surface area contributed by atoms with Gasteiger partial charge in [0.1, 0.15) is 5.75 Å². The molecule has 1 aromatic rings. The zero-order chi connectivity index (χ0) is 24.8. The van der Waals surface area contributed by atoms with Gasteiger partial charge in [0.2, 0.25) is 0 Å². The number of benzene rings is 1. The second-order valence-electron chi connectivity index (χ2n) is 9.01. The number of ether oxygens (including phenoxy) is 2. The smallest absolute Gasteiger partial charge is 0.319 e. The van der Waals surface area contributed by atoms with E-state index < -0.39 is 0 Å². The van der Waals surface area contributed by atoms with Crippen LogP contribution in [0, 0.1) is 0 Å². The number of carbonyl (C=O) groups is 2. The van der Waals surface area contributed by atoms with E-state index in [0.717, 1.165) is 45.7 Å². The first-order valence-corrected chi connectivity index (χ1v) is 12.0. The second-order valence-corrected chi connectivity index (χ2v) is 9.42. The molecular formula is C23H37ClN6O4. The average molecular weight is 497 g/mol. The number of nitrogens with two attached hydrogens (primary N) is 1. The van der Waals surface area contributed by atoms with Gasteiger partial charge in [0.15, 0.2) is 0 Å². The monoisotopic (exact) mass is 496 g/mol. The molecule has 0 aliphatic carbocycles. The van der Waals surface area contributed by atoms with Crippen LogP contribution in [0.15, 0.2) is 12.1 Å². The highest BCUT2D eigenvalue weighted by Crippen LogP contribution is 2.29. The van der Waals surface area contributed by atoms with Gasteiger partial charge in [0.05, 0.1) is 35.5 Å². The number of nitrogens with zero attached hydrogens (tertiary/aromatic N) is 4. The van der Waals surface area contributed by atoms with E-state index in [-0.39, 0.29) is 24.1 Å². The van der Waals surface area contributed by atoms with Gasteiger partial charge >= 0.3 is 6.03 Å². The van der Waals surface area contributed by atoms with Gasteiger partial charge in [-0.3, -0.25) is 9.69 Å². The van der Waals surface area contributed by atoms with Crippen molar-refractivity contribution in [2.45, 2.75) is 18.6 Å². The number of methoxy groups -OCH3 is 2. The lowest BCUT2D eigenvalue weighted by Crippen LogP contribution is -2.56. The lowest BCUT2D eigenvalue weighted by molar-refractivity contribution is 0.00485. The van der Waals surface area contributed by atoms with Crippen LogP contribution in [0.2, 0.25) is 5.02 Å². The first-order chi connectivity index (χ1) is 16.2. The van der Waals surface area contributed by atoms with Gasteiger partial charge in [-0.25, -0.2) is 4.79 Å². The Morgan fingerprint density at radius 1 is 1.21 bits per heavy atom. The Balaban J connectivity index is 1.51. The fourth-order valence-corrected chi connectivity index (χ4v) is 4.54. The minimum Gasteiger partial charge on any atom is -0.496 e. The summed E-state index contributed by atoms with van der Waals surface area (Å²) in [4.78, 5) is 33.9. The second kappa shape index (κ2) is 11.9. The molecule has 3 N–H and O–H groups in total. The molecule has 2 saturated heterocycles. The van der Waals surface area contributed by atoms with E-state index in [9.17, 15) is 9.59 Å². The summed E-state index contributed by atoms with van der Waals surface area (Å²) in [5.74, 6) is 0.0932. The number of likely N-dealkylation sites (N-methyl/N-ethyl adjacent to an activating group) is 2. The van der Waals surface area contributed by atoms with Crippen LogP contribution in [0.5, 0.6) is 5.75 Å². The third-order valence-corrected chi connectivity index (χ3v) is 7.01. The number of piperazine rings is 1. The largest absolute Gasteiger partial charge is 0.496 e. The average Bonchev–Trinajstić information content (AvgIpc) is 2.84. The number of nitrogen functional groups attached to an aromatic ring is 1. The molecule has 0 bridgehead atoms. The van der Waals surface area contributed by atoms with Gasteiger partial charge in [-0.2, -0.15) is 0 Å². The SMILES string of the molecule is COc1cc(N)c(Cl)cc1C(=O)N[C@H]1CCN(CCN(C)C(=O)N2CCN(C)CC2)C[C@H]1OC. The molecule has 0 radical (unpaired) electrons. The Morgan fingerprint density at radius 2 is 1.91 bits per heavy atom. The fraction of sp³-hybridized carbons (Fsp3) is 0.652. The normalized spacial score (nSPS) is 21.9. The van der Waals surface area contributed by atoms with Crippen LogP contribution in [0.25, 0.3) is 0 Å². The number of rotatable bonds is 7. The topological polar surface area (TPSA) is 104 Å². The first-order valence-electron chi connectivity index (χ1n) is 11.6. The summed E-state index contributed by atoms with van der Waals surface area (Å²) < 4.78 is 11.0. The quantitative estimate of drug-likeness (QED) is 0.544. The zero-order valence-electron chi connectivity index (χ0n) is 20.6. The maximum Gasteiger partial charge on any atom is 0.319 e. The fourth-order valence-electron chi connectivity index (χ4n) is 4.38. The molecule has 1 aromatic carbocycles. The van der Waals surface area contributed by atoms with Crippen molar-refractivity contribution in [3.05, 3.63) is 22.7 Å². The molecule has 2 heterocycles. The Hall–Kier alpha value is -2.27. The minimum atomic E-state index is -0.281. The van der Waals surface area contributed by atoms with Crippen molar-refractivity contribution in [1.29, 1.82) is 0 Å². The van der Waals surface area contributed by atoms with Crippen LogP contribution in [-0.4, -0.2) is 124 Å². The molecule has 0 saturated carbocycles. The van der Waals surface area contributed by atoms with E-state index in [1.54, 1.807) is 18.1 Å². The predicted molar refractivity (Wildman–Crippen MR) is 133 cm³/mol. The van der Waals surface area contributed by atoms with Gasteiger partial charge in [-0.05, 0) is 19.5 Å². The Labute approximate surface area is 206 Å². The molecule has 190 valence electrons. The van der Waals surface area contributed by atoms with E-state index in [1.807, 2.05) is 11.9 Å². The van der Waals surface area contributed by atoms with E-state index in [1.165, 1.54) is 13.2 Å². The van der Waals surface area contributed by atoms with Gasteiger partial charge in [0.25, 0.3) is 5.91 Å². The van der Waals surface area contributed by atoms with Gasteiger partial charge < -0.3 is 35.2 Å². The Morgan fingerprint density at radius 3 is 2.56 bits per heavy atom. The molecule has 2 aliphatic heterocycles. The number of piperidine rings is 1. The Bertz CT molecular complexity index is 864. The highest BCUT2D eigenvalue weighted by molar-refractivity contribution is 6.33. The molecule has 2 atom stereocenters. The maximum absolute atomic E-state index is 12.9. The predicted octanol–water partition coefficient (Wildman–Crippen LogP) is 1.05. The highest BCUT2D eigenvalue weighted by Gasteiger charge is 2.32. The molecule has 2 fully saturated rings. The number of carbonyl (C=O) groups excluding carboxylic acids is 2. The van der Waals surface area contributed by atoms with Crippen LogP contribution in [0.3, 0.4) is 0 Å². The standard InChI is InChI=1S/C23H37ClN6O4/c1-27-7-11-30(12-8-27)23(32)28(2)9-10-29-6-5-19(21(15-29)34-4)26-22(31)16-13-17(24)18(25)14-20(16)33-3/h13-14,19,21H,5-12,15,25H2,1-4H3,(H,26,31)/t19-,21+/m0/s1. The van der Waals surface area contributed by atoms with Crippen molar-refractivity contribution >= 4 is 29.2 Å². The zero-order valence-corrected chi connectivity index (χ0v) is 21.3. The molecule has 34 heavy (non-hydrogen) atoms. The van der Waals surface area contributed by atoms with Gasteiger partial charge in [-0.15, -0.1) is 0 Å². The first kappa shape index (κ1) is 26.3. The molecule has 10 nitrogen and oxygen atoms in total. The summed E-state index contributed by atoms with van der Waals surface area (Å²) in [6.45, 7) is 6.18. The van der Waals surface area contributed by atoms with E-state index >= 15 is 0 Å². The van der Waals surface area contributed by atoms with Crippen molar-refractivity contribution in [2.75, 3.05) is 86.4 Å². The maximum atomic E-state index is 12.9. The summed E-state index contributed by atoms with van der Waals surface area (Å²) in [7, 11) is 7.07. The van der Waals surface area contributed by atoms with Crippen LogP contribution >= 0.6 is 11.6 Å². The van der Waals surface area contributed by atoms with Gasteiger partial charge in [-0.1, -0.05) is 11.6 Å². The lowest BCUT2D eigenvalue weighted by Gasteiger charge is -2.39. The lowest BCUT2D eigenvalue weighted by atomic mass is 10.0. The molecule has 2 aliphatic rings. The molecular weight excluding hydrogens is 460 g/mol.